The third-order valence-corrected chi connectivity index (χ3v) is 8.58. The molecule has 0 saturated carbocycles. The van der Waals surface area contributed by atoms with Crippen LogP contribution in [0.5, 0.6) is 11.5 Å². The van der Waals surface area contributed by atoms with Crippen LogP contribution < -0.4 is 24.4 Å². The van der Waals surface area contributed by atoms with Crippen molar-refractivity contribution in [1.29, 1.82) is 5.26 Å². The Bertz CT molecular complexity index is 1970. The van der Waals surface area contributed by atoms with Crippen molar-refractivity contribution in [2.75, 3.05) is 13.2 Å². The molecule has 0 spiro atoms. The maximum atomic E-state index is 14.0. The second kappa shape index (κ2) is 13.5. The molecule has 4 aromatic rings. The Morgan fingerprint density at radius 2 is 1.80 bits per heavy atom. The molecule has 0 aliphatic carbocycles. The van der Waals surface area contributed by atoms with Crippen molar-refractivity contribution in [2.45, 2.75) is 40.3 Å². The number of nitriles is 1. The lowest BCUT2D eigenvalue weighted by Crippen LogP contribution is -2.39. The summed E-state index contributed by atoms with van der Waals surface area (Å²) in [5, 5.41) is 9.05. The molecule has 3 aromatic carbocycles. The number of rotatable bonds is 9. The summed E-state index contributed by atoms with van der Waals surface area (Å²) >= 11 is 4.88. The molecule has 0 saturated heterocycles. The zero-order valence-corrected chi connectivity index (χ0v) is 27.1. The zero-order valence-electron chi connectivity index (χ0n) is 24.7. The second-order valence-corrected chi connectivity index (χ2v) is 11.9. The molecule has 1 aromatic heterocycles. The Morgan fingerprint density at radius 1 is 1.07 bits per heavy atom. The van der Waals surface area contributed by atoms with E-state index in [0.29, 0.717) is 48.7 Å². The van der Waals surface area contributed by atoms with Crippen LogP contribution in [0.4, 0.5) is 0 Å². The summed E-state index contributed by atoms with van der Waals surface area (Å²) in [6, 6.07) is 20.1. The van der Waals surface area contributed by atoms with Crippen LogP contribution in [-0.4, -0.2) is 23.8 Å². The number of hydrogen-bond donors (Lipinski definition) is 0. The molecule has 44 heavy (non-hydrogen) atoms. The smallest absolute Gasteiger partial charge is 0.338 e. The molecule has 1 atom stereocenters. The van der Waals surface area contributed by atoms with E-state index in [2.05, 4.69) is 27.0 Å². The van der Waals surface area contributed by atoms with Crippen LogP contribution in [0.15, 0.2) is 86.2 Å². The molecule has 224 valence electrons. The average molecular weight is 673 g/mol. The predicted molar refractivity (Wildman–Crippen MR) is 172 cm³/mol. The fraction of sp³-hybridized carbons (Fsp3) is 0.235. The summed E-state index contributed by atoms with van der Waals surface area (Å²) in [6.07, 6.45) is 1.79. The number of fused-ring (bicyclic) bond motifs is 1. The molecule has 8 nitrogen and oxygen atoms in total. The SMILES string of the molecule is CCOC(=O)C1=C(C)N=c2s/c(=C\c3cc(Br)c(OCc4ccc(C#N)cc4)c(OCC)c3)c(=O)n2[C@H]1c1ccc(C)cc1. The zero-order chi connectivity index (χ0) is 31.4. The van der Waals surface area contributed by atoms with Crippen LogP contribution in [0.3, 0.4) is 0 Å². The monoisotopic (exact) mass is 671 g/mol. The number of carbonyl (C=O) groups excluding carboxylic acids is 1. The van der Waals surface area contributed by atoms with Gasteiger partial charge in [-0.1, -0.05) is 53.3 Å². The molecular formula is C34H30BrN3O5S. The van der Waals surface area contributed by atoms with E-state index in [0.717, 1.165) is 22.3 Å². The quantitative estimate of drug-likeness (QED) is 0.211. The minimum absolute atomic E-state index is 0.213. The number of hydrogen-bond acceptors (Lipinski definition) is 8. The van der Waals surface area contributed by atoms with Crippen LogP contribution in [0.1, 0.15) is 54.6 Å². The van der Waals surface area contributed by atoms with Crippen LogP contribution in [0.2, 0.25) is 0 Å². The Kier molecular flexibility index (Phi) is 9.47. The molecule has 0 N–H and O–H groups in total. The van der Waals surface area contributed by atoms with Gasteiger partial charge in [0.25, 0.3) is 5.56 Å². The highest BCUT2D eigenvalue weighted by molar-refractivity contribution is 9.10. The van der Waals surface area contributed by atoms with Crippen molar-refractivity contribution in [2.24, 2.45) is 4.99 Å². The largest absolute Gasteiger partial charge is 0.490 e. The van der Waals surface area contributed by atoms with E-state index in [1.54, 1.807) is 36.6 Å². The normalized spacial score (nSPS) is 14.5. The summed E-state index contributed by atoms with van der Waals surface area (Å²) in [7, 11) is 0. The van der Waals surface area contributed by atoms with Gasteiger partial charge in [0.05, 0.1) is 51.2 Å². The summed E-state index contributed by atoms with van der Waals surface area (Å²) in [6.45, 7) is 8.30. The molecular weight excluding hydrogens is 642 g/mol. The van der Waals surface area contributed by atoms with Gasteiger partial charge < -0.3 is 14.2 Å². The van der Waals surface area contributed by atoms with Crippen LogP contribution in [-0.2, 0) is 16.1 Å². The Balaban J connectivity index is 1.56. The number of aryl methyl sites for hydroxylation is 1. The third kappa shape index (κ3) is 6.39. The van der Waals surface area contributed by atoms with E-state index in [1.165, 1.54) is 11.3 Å². The highest BCUT2D eigenvalue weighted by Crippen LogP contribution is 2.38. The highest BCUT2D eigenvalue weighted by Gasteiger charge is 2.33. The standard InChI is InChI=1S/C34H30BrN3O5S/c1-5-41-27-16-24(15-26(35)31(27)43-19-23-11-9-22(18-36)10-12-23)17-28-32(39)38-30(25-13-7-20(3)8-14-25)29(33(40)42-6-2)21(4)37-34(38)44-28/h7-17,30H,5-6,19H2,1-4H3/b28-17-/t30-/m0/s1. The highest BCUT2D eigenvalue weighted by atomic mass is 79.9. The fourth-order valence-electron chi connectivity index (χ4n) is 4.91. The van der Waals surface area contributed by atoms with Gasteiger partial charge in [-0.05, 0) is 90.7 Å². The van der Waals surface area contributed by atoms with Crippen molar-refractivity contribution in [3.63, 3.8) is 0 Å². The average Bonchev–Trinajstić information content (AvgIpc) is 3.30. The number of ether oxygens (including phenoxy) is 3. The minimum atomic E-state index is -0.670. The first-order valence-corrected chi connectivity index (χ1v) is 15.7. The number of benzene rings is 3. The predicted octanol–water partition coefficient (Wildman–Crippen LogP) is 5.72. The summed E-state index contributed by atoms with van der Waals surface area (Å²) in [5.74, 6) is 0.562. The Morgan fingerprint density at radius 3 is 2.45 bits per heavy atom. The second-order valence-electron chi connectivity index (χ2n) is 10.1. The molecule has 0 amide bonds. The van der Waals surface area contributed by atoms with Gasteiger partial charge in [0.2, 0.25) is 0 Å². The number of thiazole rings is 1. The number of nitrogens with zero attached hydrogens (tertiary/aromatic N) is 3. The summed E-state index contributed by atoms with van der Waals surface area (Å²) in [5.41, 5.74) is 4.69. The number of aromatic nitrogens is 1. The molecule has 2 heterocycles. The summed E-state index contributed by atoms with van der Waals surface area (Å²) < 4.78 is 20.1. The molecule has 10 heteroatoms. The maximum absolute atomic E-state index is 14.0. The Hall–Kier alpha value is -4.46. The van der Waals surface area contributed by atoms with E-state index in [4.69, 9.17) is 19.5 Å². The van der Waals surface area contributed by atoms with Gasteiger partial charge in [-0.15, -0.1) is 0 Å². The van der Waals surface area contributed by atoms with Crippen LogP contribution in [0.25, 0.3) is 6.08 Å². The third-order valence-electron chi connectivity index (χ3n) is 7.01. The summed E-state index contributed by atoms with van der Waals surface area (Å²) in [4.78, 5) is 32.3. The lowest BCUT2D eigenvalue weighted by molar-refractivity contribution is -0.139. The van der Waals surface area contributed by atoms with Gasteiger partial charge >= 0.3 is 5.97 Å². The van der Waals surface area contributed by atoms with E-state index in [9.17, 15) is 9.59 Å². The van der Waals surface area contributed by atoms with Gasteiger partial charge in [-0.25, -0.2) is 9.79 Å². The van der Waals surface area contributed by atoms with Gasteiger partial charge in [0.1, 0.15) is 6.61 Å². The first-order valence-electron chi connectivity index (χ1n) is 14.1. The van der Waals surface area contributed by atoms with Crippen LogP contribution >= 0.6 is 27.3 Å². The molecule has 0 unspecified atom stereocenters. The lowest BCUT2D eigenvalue weighted by atomic mass is 9.95. The first kappa shape index (κ1) is 31.0. The molecule has 1 aliphatic rings. The van der Waals surface area contributed by atoms with E-state index in [1.807, 2.05) is 62.4 Å². The van der Waals surface area contributed by atoms with Crippen molar-refractivity contribution >= 4 is 39.3 Å². The number of esters is 1. The van der Waals surface area contributed by atoms with Gasteiger partial charge in [-0.2, -0.15) is 5.26 Å². The van der Waals surface area contributed by atoms with E-state index < -0.39 is 12.0 Å². The van der Waals surface area contributed by atoms with Crippen molar-refractivity contribution in [1.82, 2.24) is 4.57 Å². The van der Waals surface area contributed by atoms with Crippen molar-refractivity contribution < 1.29 is 19.0 Å². The molecule has 0 fully saturated rings. The number of halogens is 1. The molecule has 0 radical (unpaired) electrons. The maximum Gasteiger partial charge on any atom is 0.338 e. The number of carbonyl (C=O) groups is 1. The minimum Gasteiger partial charge on any atom is -0.490 e. The lowest BCUT2D eigenvalue weighted by Gasteiger charge is -2.24. The van der Waals surface area contributed by atoms with Gasteiger partial charge in [0, 0.05) is 0 Å². The van der Waals surface area contributed by atoms with Gasteiger partial charge in [0.15, 0.2) is 16.3 Å². The molecule has 5 rings (SSSR count). The molecule has 1 aliphatic heterocycles. The number of allylic oxidation sites excluding steroid dienone is 1. The van der Waals surface area contributed by atoms with Crippen LogP contribution in [0, 0.1) is 18.3 Å². The topological polar surface area (TPSA) is 103 Å². The van der Waals surface area contributed by atoms with Crippen molar-refractivity contribution in [3.05, 3.63) is 124 Å². The van der Waals surface area contributed by atoms with Crippen molar-refractivity contribution in [3.8, 4) is 17.6 Å². The van der Waals surface area contributed by atoms with E-state index >= 15 is 0 Å². The first-order chi connectivity index (χ1) is 21.2. The van der Waals surface area contributed by atoms with E-state index in [-0.39, 0.29) is 18.8 Å². The Labute approximate surface area is 267 Å². The van der Waals surface area contributed by atoms with Gasteiger partial charge in [-0.3, -0.25) is 9.36 Å². The molecule has 0 bridgehead atoms. The fourth-order valence-corrected chi connectivity index (χ4v) is 6.53.